The normalized spacial score (nSPS) is 30.1. The molecule has 0 aliphatic carbocycles. The zero-order valence-corrected chi connectivity index (χ0v) is 13.9. The Hall–Kier alpha value is -0.390. The molecule has 1 aromatic rings. The van der Waals surface area contributed by atoms with E-state index in [1.54, 1.807) is 0 Å². The van der Waals surface area contributed by atoms with Crippen LogP contribution in [0.2, 0.25) is 0 Å². The molecule has 3 rings (SSSR count). The lowest BCUT2D eigenvalue weighted by Gasteiger charge is -2.30. The maximum Gasteiger partial charge on any atom is 0.0699 e. The SMILES string of the molecule is CCCn1ncc(Br)c1C(NCC)C1CC2CCC1O2. The van der Waals surface area contributed by atoms with Gasteiger partial charge >= 0.3 is 0 Å². The van der Waals surface area contributed by atoms with Gasteiger partial charge in [-0.05, 0) is 48.2 Å². The number of halogens is 1. The van der Waals surface area contributed by atoms with E-state index in [0.29, 0.717) is 24.2 Å². The number of aromatic nitrogens is 2. The summed E-state index contributed by atoms with van der Waals surface area (Å²) in [7, 11) is 0. The predicted molar refractivity (Wildman–Crippen MR) is 82.6 cm³/mol. The Kier molecular flexibility index (Phi) is 4.48. The lowest BCUT2D eigenvalue weighted by atomic mass is 9.82. The summed E-state index contributed by atoms with van der Waals surface area (Å²) in [4.78, 5) is 0. The first kappa shape index (κ1) is 14.5. The number of nitrogens with zero attached hydrogens (tertiary/aromatic N) is 2. The van der Waals surface area contributed by atoms with Crippen LogP contribution in [-0.4, -0.2) is 28.5 Å². The molecule has 4 unspecified atom stereocenters. The number of ether oxygens (including phenoxy) is 1. The summed E-state index contributed by atoms with van der Waals surface area (Å²) >= 11 is 3.69. The third-order valence-corrected chi connectivity index (χ3v) is 5.18. The van der Waals surface area contributed by atoms with Crippen molar-refractivity contribution in [2.24, 2.45) is 5.92 Å². The van der Waals surface area contributed by atoms with Crippen molar-refractivity contribution in [2.75, 3.05) is 6.54 Å². The second kappa shape index (κ2) is 6.16. The number of hydrogen-bond acceptors (Lipinski definition) is 3. The summed E-state index contributed by atoms with van der Waals surface area (Å²) in [6.07, 6.45) is 7.61. The zero-order valence-electron chi connectivity index (χ0n) is 12.3. The molecule has 1 aromatic heterocycles. The van der Waals surface area contributed by atoms with E-state index in [1.165, 1.54) is 25.0 Å². The Morgan fingerprint density at radius 2 is 2.35 bits per heavy atom. The van der Waals surface area contributed by atoms with Gasteiger partial charge in [0.2, 0.25) is 0 Å². The highest BCUT2D eigenvalue weighted by Crippen LogP contribution is 2.45. The van der Waals surface area contributed by atoms with Gasteiger partial charge in [0.1, 0.15) is 0 Å². The fourth-order valence-corrected chi connectivity index (χ4v) is 4.31. The van der Waals surface area contributed by atoms with Gasteiger partial charge in [0.25, 0.3) is 0 Å². The van der Waals surface area contributed by atoms with Crippen molar-refractivity contribution in [3.63, 3.8) is 0 Å². The molecule has 2 saturated heterocycles. The maximum absolute atomic E-state index is 6.06. The first-order chi connectivity index (χ1) is 9.74. The molecule has 0 radical (unpaired) electrons. The molecular weight excluding hydrogens is 318 g/mol. The van der Waals surface area contributed by atoms with Crippen molar-refractivity contribution in [3.8, 4) is 0 Å². The number of fused-ring (bicyclic) bond motifs is 2. The molecule has 112 valence electrons. The molecule has 5 heteroatoms. The van der Waals surface area contributed by atoms with Gasteiger partial charge in [-0.1, -0.05) is 13.8 Å². The van der Waals surface area contributed by atoms with E-state index >= 15 is 0 Å². The average Bonchev–Trinajstić information content (AvgIpc) is 3.13. The number of aryl methyl sites for hydroxylation is 1. The molecule has 0 amide bonds. The van der Waals surface area contributed by atoms with Crippen molar-refractivity contribution < 1.29 is 4.74 Å². The average molecular weight is 342 g/mol. The molecular formula is C15H24BrN3O. The van der Waals surface area contributed by atoms with Gasteiger partial charge < -0.3 is 10.1 Å². The highest BCUT2D eigenvalue weighted by Gasteiger charge is 2.45. The first-order valence-corrected chi connectivity index (χ1v) is 8.63. The molecule has 2 fully saturated rings. The molecule has 4 nitrogen and oxygen atoms in total. The summed E-state index contributed by atoms with van der Waals surface area (Å²) in [6.45, 7) is 6.32. The van der Waals surface area contributed by atoms with Crippen molar-refractivity contribution in [1.29, 1.82) is 0 Å². The van der Waals surface area contributed by atoms with Crippen LogP contribution in [-0.2, 0) is 11.3 Å². The van der Waals surface area contributed by atoms with Gasteiger partial charge in [0.05, 0.1) is 34.6 Å². The summed E-state index contributed by atoms with van der Waals surface area (Å²) < 4.78 is 9.35. The molecule has 0 saturated carbocycles. The minimum atomic E-state index is 0.346. The van der Waals surface area contributed by atoms with Crippen LogP contribution in [0.4, 0.5) is 0 Å². The van der Waals surface area contributed by atoms with Crippen LogP contribution in [0.15, 0.2) is 10.7 Å². The van der Waals surface area contributed by atoms with Crippen LogP contribution >= 0.6 is 15.9 Å². The Morgan fingerprint density at radius 1 is 1.50 bits per heavy atom. The Morgan fingerprint density at radius 3 is 2.95 bits per heavy atom. The van der Waals surface area contributed by atoms with Gasteiger partial charge in [0.15, 0.2) is 0 Å². The maximum atomic E-state index is 6.06. The summed E-state index contributed by atoms with van der Waals surface area (Å²) in [5.41, 5.74) is 1.30. The fourth-order valence-electron chi connectivity index (χ4n) is 3.77. The van der Waals surface area contributed by atoms with E-state index in [2.05, 4.69) is 44.9 Å². The van der Waals surface area contributed by atoms with Crippen LogP contribution in [0.25, 0.3) is 0 Å². The fraction of sp³-hybridized carbons (Fsp3) is 0.800. The van der Waals surface area contributed by atoms with Crippen LogP contribution in [0.3, 0.4) is 0 Å². The molecule has 2 bridgehead atoms. The molecule has 2 aliphatic heterocycles. The largest absolute Gasteiger partial charge is 0.375 e. The van der Waals surface area contributed by atoms with E-state index in [0.717, 1.165) is 24.0 Å². The predicted octanol–water partition coefficient (Wildman–Crippen LogP) is 3.27. The van der Waals surface area contributed by atoms with Crippen LogP contribution in [0.1, 0.15) is 51.3 Å². The minimum Gasteiger partial charge on any atom is -0.375 e. The van der Waals surface area contributed by atoms with Crippen molar-refractivity contribution >= 4 is 15.9 Å². The molecule has 0 aromatic carbocycles. The van der Waals surface area contributed by atoms with Gasteiger partial charge in [0, 0.05) is 12.5 Å². The van der Waals surface area contributed by atoms with E-state index in [4.69, 9.17) is 4.74 Å². The van der Waals surface area contributed by atoms with Crippen molar-refractivity contribution in [1.82, 2.24) is 15.1 Å². The van der Waals surface area contributed by atoms with Gasteiger partial charge in [-0.25, -0.2) is 0 Å². The van der Waals surface area contributed by atoms with Crippen molar-refractivity contribution in [3.05, 3.63) is 16.4 Å². The Balaban J connectivity index is 1.88. The van der Waals surface area contributed by atoms with Gasteiger partial charge in [-0.3, -0.25) is 4.68 Å². The second-order valence-electron chi connectivity index (χ2n) is 5.91. The third-order valence-electron chi connectivity index (χ3n) is 4.57. The number of rotatable bonds is 6. The number of nitrogens with one attached hydrogen (secondary N) is 1. The summed E-state index contributed by atoms with van der Waals surface area (Å²) in [6, 6.07) is 0.346. The van der Waals surface area contributed by atoms with E-state index in [9.17, 15) is 0 Å². The monoisotopic (exact) mass is 341 g/mol. The smallest absolute Gasteiger partial charge is 0.0699 e. The topological polar surface area (TPSA) is 39.1 Å². The molecule has 4 atom stereocenters. The van der Waals surface area contributed by atoms with E-state index < -0.39 is 0 Å². The lowest BCUT2D eigenvalue weighted by Crippen LogP contribution is -2.35. The Labute approximate surface area is 129 Å². The highest BCUT2D eigenvalue weighted by atomic mass is 79.9. The standard InChI is InChI=1S/C15H24BrN3O/c1-3-7-19-15(12(16)9-18-19)14(17-4-2)11-8-10-5-6-13(11)20-10/h9-11,13-14,17H,3-8H2,1-2H3. The number of hydrogen-bond donors (Lipinski definition) is 1. The van der Waals surface area contributed by atoms with E-state index in [1.807, 2.05) is 6.20 Å². The van der Waals surface area contributed by atoms with Crippen LogP contribution < -0.4 is 5.32 Å². The molecule has 3 heterocycles. The van der Waals surface area contributed by atoms with E-state index in [-0.39, 0.29) is 0 Å². The van der Waals surface area contributed by atoms with Crippen LogP contribution in [0, 0.1) is 5.92 Å². The zero-order chi connectivity index (χ0) is 14.1. The molecule has 1 N–H and O–H groups in total. The Bertz CT molecular complexity index is 462. The van der Waals surface area contributed by atoms with Gasteiger partial charge in [-0.15, -0.1) is 0 Å². The molecule has 2 aliphatic rings. The van der Waals surface area contributed by atoms with Crippen LogP contribution in [0.5, 0.6) is 0 Å². The highest BCUT2D eigenvalue weighted by molar-refractivity contribution is 9.10. The molecule has 0 spiro atoms. The quantitative estimate of drug-likeness (QED) is 0.862. The first-order valence-electron chi connectivity index (χ1n) is 7.84. The summed E-state index contributed by atoms with van der Waals surface area (Å²) in [5, 5.41) is 8.21. The summed E-state index contributed by atoms with van der Waals surface area (Å²) in [5.74, 6) is 0.581. The van der Waals surface area contributed by atoms with Gasteiger partial charge in [-0.2, -0.15) is 5.10 Å². The molecule has 20 heavy (non-hydrogen) atoms. The third kappa shape index (κ3) is 2.55. The lowest BCUT2D eigenvalue weighted by molar-refractivity contribution is 0.0850. The van der Waals surface area contributed by atoms with Crippen molar-refractivity contribution in [2.45, 2.75) is 64.3 Å². The second-order valence-corrected chi connectivity index (χ2v) is 6.76. The minimum absolute atomic E-state index is 0.346.